The number of hydrogen-bond acceptors (Lipinski definition) is 4. The summed E-state index contributed by atoms with van der Waals surface area (Å²) in [4.78, 5) is 16.2. The van der Waals surface area contributed by atoms with Gasteiger partial charge < -0.3 is 10.6 Å². The van der Waals surface area contributed by atoms with Gasteiger partial charge in [-0.25, -0.2) is 9.67 Å². The Kier molecular flexibility index (Phi) is 8.74. The highest BCUT2D eigenvalue weighted by atomic mass is 35.5. The van der Waals surface area contributed by atoms with Crippen molar-refractivity contribution in [2.75, 3.05) is 13.1 Å². The van der Waals surface area contributed by atoms with E-state index >= 15 is 0 Å². The zero-order valence-corrected chi connectivity index (χ0v) is 15.0. The summed E-state index contributed by atoms with van der Waals surface area (Å²) < 4.78 is 1.78. The number of halogens is 2. The van der Waals surface area contributed by atoms with Gasteiger partial charge in [0.1, 0.15) is 12.7 Å². The molecule has 1 aliphatic heterocycles. The van der Waals surface area contributed by atoms with Crippen LogP contribution in [-0.2, 0) is 17.9 Å². The van der Waals surface area contributed by atoms with Gasteiger partial charge in [0.05, 0.1) is 12.5 Å². The Morgan fingerprint density at radius 1 is 1.29 bits per heavy atom. The van der Waals surface area contributed by atoms with Gasteiger partial charge in [-0.15, -0.1) is 24.8 Å². The van der Waals surface area contributed by atoms with Crippen molar-refractivity contribution in [3.63, 3.8) is 0 Å². The Bertz CT molecular complexity index is 615. The molecule has 1 saturated heterocycles. The highest BCUT2D eigenvalue weighted by molar-refractivity contribution is 5.85. The van der Waals surface area contributed by atoms with E-state index in [9.17, 15) is 4.79 Å². The van der Waals surface area contributed by atoms with Crippen LogP contribution < -0.4 is 10.6 Å². The zero-order chi connectivity index (χ0) is 15.2. The Balaban J connectivity index is 0.00000144. The van der Waals surface area contributed by atoms with Crippen LogP contribution in [0.25, 0.3) is 0 Å². The van der Waals surface area contributed by atoms with E-state index in [0.29, 0.717) is 13.1 Å². The summed E-state index contributed by atoms with van der Waals surface area (Å²) in [6, 6.07) is 8.11. The Morgan fingerprint density at radius 2 is 2.08 bits per heavy atom. The number of carbonyl (C=O) groups is 1. The number of amides is 1. The van der Waals surface area contributed by atoms with Gasteiger partial charge in [0.2, 0.25) is 5.91 Å². The molecule has 3 rings (SSSR count). The molecule has 24 heavy (non-hydrogen) atoms. The molecule has 2 heterocycles. The van der Waals surface area contributed by atoms with Crippen molar-refractivity contribution in [1.82, 2.24) is 25.4 Å². The van der Waals surface area contributed by atoms with Crippen molar-refractivity contribution in [3.05, 3.63) is 48.0 Å². The van der Waals surface area contributed by atoms with Gasteiger partial charge >= 0.3 is 0 Å². The fraction of sp³-hybridized carbons (Fsp3) is 0.438. The molecule has 1 aromatic carbocycles. The van der Waals surface area contributed by atoms with Crippen LogP contribution in [0.1, 0.15) is 24.0 Å². The molecule has 2 N–H and O–H groups in total. The molecule has 0 bridgehead atoms. The predicted octanol–water partition coefficient (Wildman–Crippen LogP) is 1.79. The van der Waals surface area contributed by atoms with Crippen molar-refractivity contribution in [3.8, 4) is 0 Å². The van der Waals surface area contributed by atoms with Crippen LogP contribution in [0, 0.1) is 5.92 Å². The molecule has 1 fully saturated rings. The Morgan fingerprint density at radius 3 is 2.75 bits per heavy atom. The lowest BCUT2D eigenvalue weighted by Gasteiger charge is -2.22. The first-order valence-corrected chi connectivity index (χ1v) is 7.70. The van der Waals surface area contributed by atoms with E-state index in [4.69, 9.17) is 0 Å². The highest BCUT2D eigenvalue weighted by Crippen LogP contribution is 2.12. The number of nitrogens with one attached hydrogen (secondary N) is 2. The normalized spacial score (nSPS) is 16.6. The first-order chi connectivity index (χ1) is 10.8. The number of aromatic nitrogens is 3. The van der Waals surface area contributed by atoms with E-state index in [1.54, 1.807) is 11.0 Å². The number of hydrogen-bond donors (Lipinski definition) is 2. The van der Waals surface area contributed by atoms with Crippen LogP contribution in [0.3, 0.4) is 0 Å². The van der Waals surface area contributed by atoms with Crippen LogP contribution >= 0.6 is 24.8 Å². The molecule has 0 radical (unpaired) electrons. The summed E-state index contributed by atoms with van der Waals surface area (Å²) in [7, 11) is 0. The summed E-state index contributed by atoms with van der Waals surface area (Å²) in [6.07, 6.45) is 5.27. The maximum Gasteiger partial charge on any atom is 0.224 e. The number of piperidine rings is 1. The van der Waals surface area contributed by atoms with E-state index in [1.165, 1.54) is 6.33 Å². The molecule has 1 aliphatic rings. The Hall–Kier alpha value is -1.63. The van der Waals surface area contributed by atoms with Crippen molar-refractivity contribution < 1.29 is 4.79 Å². The predicted molar refractivity (Wildman–Crippen MR) is 97.5 cm³/mol. The second kappa shape index (κ2) is 10.3. The van der Waals surface area contributed by atoms with Gasteiger partial charge in [0.25, 0.3) is 0 Å². The maximum absolute atomic E-state index is 12.2. The quantitative estimate of drug-likeness (QED) is 0.840. The van der Waals surface area contributed by atoms with Crippen molar-refractivity contribution in [2.24, 2.45) is 5.92 Å². The summed E-state index contributed by atoms with van der Waals surface area (Å²) in [5, 5.41) is 10.5. The van der Waals surface area contributed by atoms with Gasteiger partial charge in [-0.1, -0.05) is 24.3 Å². The van der Waals surface area contributed by atoms with Crippen molar-refractivity contribution in [1.29, 1.82) is 0 Å². The smallest absolute Gasteiger partial charge is 0.224 e. The van der Waals surface area contributed by atoms with E-state index in [1.807, 2.05) is 18.2 Å². The lowest BCUT2D eigenvalue weighted by Crippen LogP contribution is -2.40. The zero-order valence-electron chi connectivity index (χ0n) is 13.4. The molecule has 6 nitrogen and oxygen atoms in total. The molecule has 1 aromatic heterocycles. The molecule has 1 unspecified atom stereocenters. The SMILES string of the molecule is Cl.Cl.O=C(NCc1ccccc1Cn1cncn1)C1CCCNC1. The maximum atomic E-state index is 12.2. The lowest BCUT2D eigenvalue weighted by atomic mass is 9.98. The van der Waals surface area contributed by atoms with E-state index < -0.39 is 0 Å². The lowest BCUT2D eigenvalue weighted by molar-refractivity contribution is -0.125. The van der Waals surface area contributed by atoms with Crippen molar-refractivity contribution >= 4 is 30.7 Å². The van der Waals surface area contributed by atoms with Crippen LogP contribution in [0.2, 0.25) is 0 Å². The van der Waals surface area contributed by atoms with E-state index in [0.717, 1.165) is 37.1 Å². The standard InChI is InChI=1S/C16H21N5O.2ClH/c22-16(14-6-3-7-17-8-14)19-9-13-4-1-2-5-15(13)10-21-12-18-11-20-21;;/h1-2,4-5,11-12,14,17H,3,6-10H2,(H,19,22);2*1H. The molecule has 0 spiro atoms. The third-order valence-corrected chi connectivity index (χ3v) is 4.04. The first-order valence-electron chi connectivity index (χ1n) is 7.70. The summed E-state index contributed by atoms with van der Waals surface area (Å²) in [5.41, 5.74) is 2.27. The molecule has 1 atom stereocenters. The summed E-state index contributed by atoms with van der Waals surface area (Å²) >= 11 is 0. The molecular weight excluding hydrogens is 349 g/mol. The van der Waals surface area contributed by atoms with Crippen LogP contribution in [0.4, 0.5) is 0 Å². The minimum atomic E-state index is 0. The van der Waals surface area contributed by atoms with Crippen LogP contribution in [-0.4, -0.2) is 33.8 Å². The number of rotatable bonds is 5. The van der Waals surface area contributed by atoms with Gasteiger partial charge in [-0.3, -0.25) is 4.79 Å². The average molecular weight is 372 g/mol. The molecule has 132 valence electrons. The first kappa shape index (κ1) is 20.4. The number of benzene rings is 1. The van der Waals surface area contributed by atoms with Crippen LogP contribution in [0.5, 0.6) is 0 Å². The summed E-state index contributed by atoms with van der Waals surface area (Å²) in [6.45, 7) is 3.02. The van der Waals surface area contributed by atoms with Gasteiger partial charge in [-0.2, -0.15) is 5.10 Å². The molecule has 0 aliphatic carbocycles. The second-order valence-electron chi connectivity index (χ2n) is 5.62. The summed E-state index contributed by atoms with van der Waals surface area (Å²) in [5.74, 6) is 0.235. The van der Waals surface area contributed by atoms with E-state index in [2.05, 4.69) is 26.8 Å². The highest BCUT2D eigenvalue weighted by Gasteiger charge is 2.20. The third kappa shape index (κ3) is 5.47. The fourth-order valence-corrected chi connectivity index (χ4v) is 2.78. The monoisotopic (exact) mass is 371 g/mol. The number of nitrogens with zero attached hydrogens (tertiary/aromatic N) is 3. The molecule has 0 saturated carbocycles. The van der Waals surface area contributed by atoms with Gasteiger partial charge in [0.15, 0.2) is 0 Å². The third-order valence-electron chi connectivity index (χ3n) is 4.04. The van der Waals surface area contributed by atoms with Crippen LogP contribution in [0.15, 0.2) is 36.9 Å². The molecular formula is C16H23Cl2N5O. The minimum Gasteiger partial charge on any atom is -0.352 e. The van der Waals surface area contributed by atoms with Gasteiger partial charge in [-0.05, 0) is 30.5 Å². The van der Waals surface area contributed by atoms with Crippen molar-refractivity contribution in [2.45, 2.75) is 25.9 Å². The fourth-order valence-electron chi connectivity index (χ4n) is 2.78. The molecule has 1 amide bonds. The molecule has 8 heteroatoms. The largest absolute Gasteiger partial charge is 0.352 e. The average Bonchev–Trinajstić information content (AvgIpc) is 3.07. The number of carbonyl (C=O) groups excluding carboxylic acids is 1. The minimum absolute atomic E-state index is 0. The van der Waals surface area contributed by atoms with Gasteiger partial charge in [0, 0.05) is 13.1 Å². The van der Waals surface area contributed by atoms with E-state index in [-0.39, 0.29) is 36.6 Å². The molecule has 2 aromatic rings. The Labute approximate surface area is 154 Å². The topological polar surface area (TPSA) is 71.8 Å². The second-order valence-corrected chi connectivity index (χ2v) is 5.62.